The monoisotopic (exact) mass is 351 g/mol. The highest BCUT2D eigenvalue weighted by Crippen LogP contribution is 2.33. The van der Waals surface area contributed by atoms with Crippen molar-refractivity contribution in [3.05, 3.63) is 59.8 Å². The van der Waals surface area contributed by atoms with E-state index >= 15 is 0 Å². The number of nitrogens with zero attached hydrogens (tertiary/aromatic N) is 1. The van der Waals surface area contributed by atoms with E-state index in [-0.39, 0.29) is 5.78 Å². The predicted octanol–water partition coefficient (Wildman–Crippen LogP) is 4.10. The molecule has 0 aliphatic rings. The summed E-state index contributed by atoms with van der Waals surface area (Å²) >= 11 is 0. The van der Waals surface area contributed by atoms with Gasteiger partial charge in [-0.2, -0.15) is 0 Å². The Morgan fingerprint density at radius 2 is 1.58 bits per heavy atom. The lowest BCUT2D eigenvalue weighted by Gasteiger charge is -2.08. The summed E-state index contributed by atoms with van der Waals surface area (Å²) in [5.41, 5.74) is 2.44. The van der Waals surface area contributed by atoms with Gasteiger partial charge in [0, 0.05) is 18.5 Å². The van der Waals surface area contributed by atoms with Crippen LogP contribution in [0.15, 0.2) is 48.5 Å². The first-order valence-corrected chi connectivity index (χ1v) is 8.15. The number of benzene rings is 2. The first-order valence-electron chi connectivity index (χ1n) is 8.15. The van der Waals surface area contributed by atoms with Crippen LogP contribution in [0, 0.1) is 0 Å². The number of rotatable bonds is 6. The van der Waals surface area contributed by atoms with Crippen LogP contribution in [0.3, 0.4) is 0 Å². The first kappa shape index (κ1) is 17.6. The van der Waals surface area contributed by atoms with E-state index in [0.717, 1.165) is 22.2 Å². The van der Waals surface area contributed by atoms with E-state index in [1.54, 1.807) is 33.5 Å². The van der Waals surface area contributed by atoms with Crippen LogP contribution in [-0.2, 0) is 7.05 Å². The average molecular weight is 351 g/mol. The average Bonchev–Trinajstić information content (AvgIpc) is 3.01. The van der Waals surface area contributed by atoms with Crippen LogP contribution in [0.5, 0.6) is 17.2 Å². The maximum Gasteiger partial charge on any atom is 0.202 e. The Morgan fingerprint density at radius 1 is 0.923 bits per heavy atom. The summed E-state index contributed by atoms with van der Waals surface area (Å²) in [4.78, 5) is 12.6. The zero-order chi connectivity index (χ0) is 18.7. The van der Waals surface area contributed by atoms with Crippen LogP contribution in [0.2, 0.25) is 0 Å². The standard InChI is InChI=1S/C21H21NO4/c1-22-17-13-21(26-4)20(25-3)12-15(17)11-18(22)19(23)10-7-14-5-8-16(24-2)9-6-14/h5-13H,1-4H3. The summed E-state index contributed by atoms with van der Waals surface area (Å²) in [6.07, 6.45) is 3.37. The number of hydrogen-bond donors (Lipinski definition) is 0. The molecule has 0 atom stereocenters. The van der Waals surface area contributed by atoms with E-state index in [0.29, 0.717) is 17.2 Å². The van der Waals surface area contributed by atoms with Crippen LogP contribution < -0.4 is 14.2 Å². The molecule has 0 fully saturated rings. The minimum Gasteiger partial charge on any atom is -0.497 e. The van der Waals surface area contributed by atoms with E-state index < -0.39 is 0 Å². The van der Waals surface area contributed by atoms with E-state index in [1.807, 2.05) is 54.1 Å². The van der Waals surface area contributed by atoms with Gasteiger partial charge in [-0.25, -0.2) is 0 Å². The molecule has 0 amide bonds. The molecule has 134 valence electrons. The Bertz CT molecular complexity index is 968. The molecule has 0 aliphatic heterocycles. The van der Waals surface area contributed by atoms with Gasteiger partial charge in [0.05, 0.1) is 32.5 Å². The zero-order valence-electron chi connectivity index (χ0n) is 15.3. The second-order valence-corrected chi connectivity index (χ2v) is 5.83. The lowest BCUT2D eigenvalue weighted by molar-refractivity contribution is 0.104. The molecule has 1 aromatic heterocycles. The second kappa shape index (κ2) is 7.35. The topological polar surface area (TPSA) is 49.7 Å². The number of aryl methyl sites for hydroxylation is 1. The van der Waals surface area contributed by atoms with E-state index in [2.05, 4.69) is 0 Å². The molecule has 5 heteroatoms. The molecule has 0 spiro atoms. The Kier molecular flexibility index (Phi) is 4.98. The first-order chi connectivity index (χ1) is 12.6. The highest BCUT2D eigenvalue weighted by atomic mass is 16.5. The molecule has 0 bridgehead atoms. The van der Waals surface area contributed by atoms with Crippen molar-refractivity contribution < 1.29 is 19.0 Å². The Morgan fingerprint density at radius 3 is 2.19 bits per heavy atom. The number of ether oxygens (including phenoxy) is 3. The highest BCUT2D eigenvalue weighted by molar-refractivity contribution is 6.08. The lowest BCUT2D eigenvalue weighted by atomic mass is 10.1. The summed E-state index contributed by atoms with van der Waals surface area (Å²) in [7, 11) is 6.67. The third kappa shape index (κ3) is 3.28. The van der Waals surface area contributed by atoms with Gasteiger partial charge >= 0.3 is 0 Å². The number of aromatic nitrogens is 1. The molecule has 0 saturated heterocycles. The molecule has 0 radical (unpaired) electrons. The van der Waals surface area contributed by atoms with Gasteiger partial charge < -0.3 is 18.8 Å². The summed E-state index contributed by atoms with van der Waals surface area (Å²) in [6, 6.07) is 13.1. The molecule has 0 unspecified atom stereocenters. The number of carbonyl (C=O) groups excluding carboxylic acids is 1. The number of fused-ring (bicyclic) bond motifs is 1. The van der Waals surface area contributed by atoms with Crippen molar-refractivity contribution in [3.8, 4) is 17.2 Å². The lowest BCUT2D eigenvalue weighted by Crippen LogP contribution is -2.02. The summed E-state index contributed by atoms with van der Waals surface area (Å²) in [5.74, 6) is 1.98. The molecule has 1 heterocycles. The minimum absolute atomic E-state index is 0.0718. The van der Waals surface area contributed by atoms with Crippen molar-refractivity contribution in [2.75, 3.05) is 21.3 Å². The van der Waals surface area contributed by atoms with Gasteiger partial charge in [0.25, 0.3) is 0 Å². The Balaban J connectivity index is 1.92. The van der Waals surface area contributed by atoms with Crippen molar-refractivity contribution in [2.24, 2.45) is 7.05 Å². The predicted molar refractivity (Wildman–Crippen MR) is 102 cm³/mol. The Hall–Kier alpha value is -3.21. The molecule has 26 heavy (non-hydrogen) atoms. The smallest absolute Gasteiger partial charge is 0.202 e. The number of ketones is 1. The molecular weight excluding hydrogens is 330 g/mol. The molecule has 0 N–H and O–H groups in total. The Labute approximate surface area is 152 Å². The van der Waals surface area contributed by atoms with Gasteiger partial charge in [-0.1, -0.05) is 18.2 Å². The number of carbonyl (C=O) groups is 1. The molecule has 0 aliphatic carbocycles. The van der Waals surface area contributed by atoms with Gasteiger partial charge in [-0.3, -0.25) is 4.79 Å². The fourth-order valence-electron chi connectivity index (χ4n) is 2.87. The third-order valence-electron chi connectivity index (χ3n) is 4.34. The van der Waals surface area contributed by atoms with E-state index in [4.69, 9.17) is 14.2 Å². The van der Waals surface area contributed by atoms with Crippen LogP contribution in [0.1, 0.15) is 16.1 Å². The third-order valence-corrected chi connectivity index (χ3v) is 4.34. The van der Waals surface area contributed by atoms with Crippen molar-refractivity contribution in [3.63, 3.8) is 0 Å². The highest BCUT2D eigenvalue weighted by Gasteiger charge is 2.14. The molecule has 3 aromatic rings. The van der Waals surface area contributed by atoms with Crippen LogP contribution in [0.25, 0.3) is 17.0 Å². The van der Waals surface area contributed by atoms with Crippen molar-refractivity contribution >= 4 is 22.8 Å². The fraction of sp³-hybridized carbons (Fsp3) is 0.190. The van der Waals surface area contributed by atoms with Crippen molar-refractivity contribution in [2.45, 2.75) is 0 Å². The summed E-state index contributed by atoms with van der Waals surface area (Å²) in [6.45, 7) is 0. The van der Waals surface area contributed by atoms with Crippen molar-refractivity contribution in [1.29, 1.82) is 0 Å². The molecule has 0 saturated carbocycles. The molecule has 3 rings (SSSR count). The van der Waals surface area contributed by atoms with Crippen LogP contribution in [0.4, 0.5) is 0 Å². The summed E-state index contributed by atoms with van der Waals surface area (Å²) in [5, 5.41) is 0.923. The van der Waals surface area contributed by atoms with Crippen molar-refractivity contribution in [1.82, 2.24) is 4.57 Å². The molecule has 5 nitrogen and oxygen atoms in total. The zero-order valence-corrected chi connectivity index (χ0v) is 15.3. The van der Waals surface area contributed by atoms with E-state index in [1.165, 1.54) is 0 Å². The van der Waals surface area contributed by atoms with E-state index in [9.17, 15) is 4.79 Å². The number of hydrogen-bond acceptors (Lipinski definition) is 4. The van der Waals surface area contributed by atoms with Gasteiger partial charge in [-0.15, -0.1) is 0 Å². The molecule has 2 aromatic carbocycles. The maximum atomic E-state index is 12.6. The second-order valence-electron chi connectivity index (χ2n) is 5.83. The quantitative estimate of drug-likeness (QED) is 0.496. The summed E-state index contributed by atoms with van der Waals surface area (Å²) < 4.78 is 17.7. The van der Waals surface area contributed by atoms with Crippen LogP contribution in [-0.4, -0.2) is 31.7 Å². The van der Waals surface area contributed by atoms with Gasteiger partial charge in [-0.05, 0) is 35.9 Å². The molecular formula is C21H21NO4. The number of allylic oxidation sites excluding steroid dienone is 1. The van der Waals surface area contributed by atoms with Gasteiger partial charge in [0.2, 0.25) is 5.78 Å². The maximum absolute atomic E-state index is 12.6. The SMILES string of the molecule is COc1ccc(C=CC(=O)c2cc3cc(OC)c(OC)cc3n2C)cc1. The normalized spacial score (nSPS) is 11.1. The largest absolute Gasteiger partial charge is 0.497 e. The van der Waals surface area contributed by atoms with Gasteiger partial charge in [0.15, 0.2) is 11.5 Å². The fourth-order valence-corrected chi connectivity index (χ4v) is 2.87. The minimum atomic E-state index is -0.0718. The van der Waals surface area contributed by atoms with Gasteiger partial charge in [0.1, 0.15) is 5.75 Å². The van der Waals surface area contributed by atoms with Crippen LogP contribution >= 0.6 is 0 Å². The number of methoxy groups -OCH3 is 3.